The highest BCUT2D eigenvalue weighted by Gasteiger charge is 2.18. The molecular formula is C12H25NO3. The van der Waals surface area contributed by atoms with E-state index >= 15 is 0 Å². The van der Waals surface area contributed by atoms with E-state index in [-0.39, 0.29) is 6.54 Å². The minimum atomic E-state index is -0.758. The molecule has 4 heteroatoms. The Hall–Kier alpha value is -0.610. The summed E-state index contributed by atoms with van der Waals surface area (Å²) in [5.41, 5.74) is 0. The van der Waals surface area contributed by atoms with Crippen LogP contribution < -0.4 is 0 Å². The summed E-state index contributed by atoms with van der Waals surface area (Å²) >= 11 is 0. The fourth-order valence-electron chi connectivity index (χ4n) is 1.86. The first-order valence-corrected chi connectivity index (χ1v) is 6.10. The Morgan fingerprint density at radius 1 is 1.44 bits per heavy atom. The molecule has 0 aromatic heterocycles. The maximum Gasteiger partial charge on any atom is 0.317 e. The maximum atomic E-state index is 10.8. The van der Waals surface area contributed by atoms with Gasteiger partial charge in [0.25, 0.3) is 0 Å². The van der Waals surface area contributed by atoms with Crippen molar-refractivity contribution in [3.63, 3.8) is 0 Å². The number of hydrogen-bond donors (Lipinski definition) is 1. The topological polar surface area (TPSA) is 49.8 Å². The fourth-order valence-corrected chi connectivity index (χ4v) is 1.86. The van der Waals surface area contributed by atoms with Crippen molar-refractivity contribution in [3.8, 4) is 0 Å². The van der Waals surface area contributed by atoms with E-state index in [0.717, 1.165) is 25.7 Å². The molecule has 16 heavy (non-hydrogen) atoms. The summed E-state index contributed by atoms with van der Waals surface area (Å²) in [6.07, 6.45) is 4.38. The number of ether oxygens (including phenoxy) is 1. The van der Waals surface area contributed by atoms with E-state index in [4.69, 9.17) is 9.84 Å². The molecule has 0 rings (SSSR count). The molecule has 0 bridgehead atoms. The summed E-state index contributed by atoms with van der Waals surface area (Å²) in [5.74, 6) is -0.758. The van der Waals surface area contributed by atoms with Gasteiger partial charge in [-0.1, -0.05) is 26.7 Å². The first kappa shape index (κ1) is 15.4. The lowest BCUT2D eigenvalue weighted by molar-refractivity contribution is -0.139. The summed E-state index contributed by atoms with van der Waals surface area (Å²) < 4.78 is 5.02. The molecule has 0 saturated carbocycles. The van der Waals surface area contributed by atoms with Gasteiger partial charge in [0, 0.05) is 19.7 Å². The van der Waals surface area contributed by atoms with Crippen molar-refractivity contribution in [1.29, 1.82) is 0 Å². The number of aliphatic carboxylic acids is 1. The quantitative estimate of drug-likeness (QED) is 0.624. The highest BCUT2D eigenvalue weighted by atomic mass is 16.5. The highest BCUT2D eigenvalue weighted by molar-refractivity contribution is 5.69. The molecule has 4 nitrogen and oxygen atoms in total. The van der Waals surface area contributed by atoms with Gasteiger partial charge in [0.05, 0.1) is 13.2 Å². The van der Waals surface area contributed by atoms with Gasteiger partial charge < -0.3 is 9.84 Å². The van der Waals surface area contributed by atoms with E-state index in [1.54, 1.807) is 7.11 Å². The lowest BCUT2D eigenvalue weighted by Crippen LogP contribution is -2.40. The zero-order valence-electron chi connectivity index (χ0n) is 10.7. The largest absolute Gasteiger partial charge is 0.480 e. The molecule has 1 N–H and O–H groups in total. The lowest BCUT2D eigenvalue weighted by Gasteiger charge is -2.29. The summed E-state index contributed by atoms with van der Waals surface area (Å²) in [4.78, 5) is 12.8. The van der Waals surface area contributed by atoms with Crippen LogP contribution >= 0.6 is 0 Å². The van der Waals surface area contributed by atoms with Gasteiger partial charge in [-0.3, -0.25) is 9.69 Å². The van der Waals surface area contributed by atoms with Crippen LogP contribution in [0.1, 0.15) is 39.5 Å². The normalized spacial score (nSPS) is 13.0. The van der Waals surface area contributed by atoms with Crippen molar-refractivity contribution in [2.45, 2.75) is 45.6 Å². The summed E-state index contributed by atoms with van der Waals surface area (Å²) in [7, 11) is 1.64. The number of unbranched alkanes of at least 4 members (excludes halogenated alkanes) is 1. The monoisotopic (exact) mass is 231 g/mol. The molecule has 0 aromatic rings. The van der Waals surface area contributed by atoms with Gasteiger partial charge in [0.2, 0.25) is 0 Å². The van der Waals surface area contributed by atoms with Crippen molar-refractivity contribution >= 4 is 5.97 Å². The van der Waals surface area contributed by atoms with Gasteiger partial charge in [-0.25, -0.2) is 0 Å². The van der Waals surface area contributed by atoms with Gasteiger partial charge in [0.15, 0.2) is 0 Å². The van der Waals surface area contributed by atoms with E-state index in [1.807, 2.05) is 4.90 Å². The number of rotatable bonds is 10. The van der Waals surface area contributed by atoms with Crippen molar-refractivity contribution < 1.29 is 14.6 Å². The fraction of sp³-hybridized carbons (Fsp3) is 0.917. The SMILES string of the molecule is CCCCC(CC)N(CCOC)CC(=O)O. The molecule has 0 spiro atoms. The van der Waals surface area contributed by atoms with E-state index < -0.39 is 5.97 Å². The van der Waals surface area contributed by atoms with E-state index in [0.29, 0.717) is 19.2 Å². The lowest BCUT2D eigenvalue weighted by atomic mass is 10.1. The Bertz CT molecular complexity index is 185. The van der Waals surface area contributed by atoms with Crippen LogP contribution in [0.2, 0.25) is 0 Å². The number of carboxylic acids is 1. The van der Waals surface area contributed by atoms with Gasteiger partial charge in [0.1, 0.15) is 0 Å². The average molecular weight is 231 g/mol. The van der Waals surface area contributed by atoms with Crippen LogP contribution in [0.25, 0.3) is 0 Å². The molecule has 0 aliphatic carbocycles. The molecule has 0 aromatic carbocycles. The van der Waals surface area contributed by atoms with Crippen LogP contribution in [0.4, 0.5) is 0 Å². The van der Waals surface area contributed by atoms with Crippen LogP contribution in [0.3, 0.4) is 0 Å². The van der Waals surface area contributed by atoms with Gasteiger partial charge in [-0.05, 0) is 12.8 Å². The third kappa shape index (κ3) is 6.80. The van der Waals surface area contributed by atoms with Crippen molar-refractivity contribution in [2.75, 3.05) is 26.8 Å². The molecule has 0 amide bonds. The first-order valence-electron chi connectivity index (χ1n) is 6.10. The predicted molar refractivity (Wildman–Crippen MR) is 64.7 cm³/mol. The molecule has 1 unspecified atom stereocenters. The van der Waals surface area contributed by atoms with Crippen LogP contribution in [-0.2, 0) is 9.53 Å². The number of nitrogens with zero attached hydrogens (tertiary/aromatic N) is 1. The molecule has 0 aliphatic rings. The standard InChI is InChI=1S/C12H25NO3/c1-4-6-7-11(5-2)13(8-9-16-3)10-12(14)15/h11H,4-10H2,1-3H3,(H,14,15). The minimum absolute atomic E-state index is 0.117. The predicted octanol–water partition coefficient (Wildman–Crippen LogP) is 1.99. The Balaban J connectivity index is 4.23. The van der Waals surface area contributed by atoms with Crippen LogP contribution in [-0.4, -0.2) is 48.8 Å². The van der Waals surface area contributed by atoms with Crippen molar-refractivity contribution in [2.24, 2.45) is 0 Å². The zero-order chi connectivity index (χ0) is 12.4. The Morgan fingerprint density at radius 2 is 2.12 bits per heavy atom. The van der Waals surface area contributed by atoms with Crippen LogP contribution in [0, 0.1) is 0 Å². The second-order valence-electron chi connectivity index (χ2n) is 4.06. The number of hydrogen-bond acceptors (Lipinski definition) is 3. The molecule has 0 radical (unpaired) electrons. The molecule has 1 atom stereocenters. The van der Waals surface area contributed by atoms with Gasteiger partial charge >= 0.3 is 5.97 Å². The molecule has 0 aliphatic heterocycles. The van der Waals surface area contributed by atoms with Crippen LogP contribution in [0.5, 0.6) is 0 Å². The van der Waals surface area contributed by atoms with Crippen molar-refractivity contribution in [1.82, 2.24) is 4.90 Å². The van der Waals surface area contributed by atoms with Crippen LogP contribution in [0.15, 0.2) is 0 Å². The number of carbonyl (C=O) groups is 1. The zero-order valence-corrected chi connectivity index (χ0v) is 10.7. The average Bonchev–Trinajstić information content (AvgIpc) is 2.25. The number of methoxy groups -OCH3 is 1. The third-order valence-electron chi connectivity index (χ3n) is 2.80. The smallest absolute Gasteiger partial charge is 0.317 e. The second kappa shape index (κ2) is 9.60. The van der Waals surface area contributed by atoms with E-state index in [2.05, 4.69) is 13.8 Å². The van der Waals surface area contributed by atoms with Gasteiger partial charge in [-0.15, -0.1) is 0 Å². The minimum Gasteiger partial charge on any atom is -0.480 e. The summed E-state index contributed by atoms with van der Waals surface area (Å²) in [6.45, 7) is 5.68. The molecule has 0 fully saturated rings. The molecule has 96 valence electrons. The highest BCUT2D eigenvalue weighted by Crippen LogP contribution is 2.12. The summed E-state index contributed by atoms with van der Waals surface area (Å²) in [5, 5.41) is 8.87. The Morgan fingerprint density at radius 3 is 2.56 bits per heavy atom. The van der Waals surface area contributed by atoms with Crippen molar-refractivity contribution in [3.05, 3.63) is 0 Å². The van der Waals surface area contributed by atoms with E-state index in [9.17, 15) is 4.79 Å². The summed E-state index contributed by atoms with van der Waals surface area (Å²) in [6, 6.07) is 0.367. The Labute approximate surface area is 98.6 Å². The first-order chi connectivity index (χ1) is 7.65. The third-order valence-corrected chi connectivity index (χ3v) is 2.80. The van der Waals surface area contributed by atoms with E-state index in [1.165, 1.54) is 0 Å². The maximum absolute atomic E-state index is 10.8. The number of carboxylic acid groups (broad SMARTS) is 1. The molecule has 0 heterocycles. The van der Waals surface area contributed by atoms with Gasteiger partial charge in [-0.2, -0.15) is 0 Å². The molecular weight excluding hydrogens is 206 g/mol. The second-order valence-corrected chi connectivity index (χ2v) is 4.06. The Kier molecular flexibility index (Phi) is 9.24. The molecule has 0 saturated heterocycles.